The quantitative estimate of drug-likeness (QED) is 0.230. The van der Waals surface area contributed by atoms with Crippen molar-refractivity contribution in [1.29, 1.82) is 0 Å². The first-order valence-electron chi connectivity index (χ1n) is 10.3. The van der Waals surface area contributed by atoms with Crippen LogP contribution in [0.5, 0.6) is 17.2 Å². The summed E-state index contributed by atoms with van der Waals surface area (Å²) in [5.74, 6) is 0.527. The first kappa shape index (κ1) is 24.8. The number of hydrazone groups is 1. The molecular weight excluding hydrogens is 502 g/mol. The third kappa shape index (κ3) is 7.08. The molecule has 34 heavy (non-hydrogen) atoms. The molecule has 0 bridgehead atoms. The predicted molar refractivity (Wildman–Crippen MR) is 133 cm³/mol. The maximum absolute atomic E-state index is 12.1. The van der Waals surface area contributed by atoms with Gasteiger partial charge in [-0.15, -0.1) is 0 Å². The van der Waals surface area contributed by atoms with Crippen molar-refractivity contribution in [2.24, 2.45) is 5.10 Å². The number of methoxy groups -OCH3 is 2. The second kappa shape index (κ2) is 12.4. The Kier molecular flexibility index (Phi) is 9.04. The van der Waals surface area contributed by atoms with Gasteiger partial charge in [0.05, 0.1) is 30.6 Å². The first-order valence-corrected chi connectivity index (χ1v) is 11.1. The van der Waals surface area contributed by atoms with Crippen molar-refractivity contribution in [3.05, 3.63) is 82.3 Å². The van der Waals surface area contributed by atoms with E-state index in [2.05, 4.69) is 31.8 Å². The Labute approximate surface area is 206 Å². The zero-order valence-corrected chi connectivity index (χ0v) is 20.3. The Morgan fingerprint density at radius 1 is 0.941 bits per heavy atom. The van der Waals surface area contributed by atoms with E-state index in [-0.39, 0.29) is 0 Å². The Morgan fingerprint density at radius 3 is 2.38 bits per heavy atom. The maximum atomic E-state index is 12.1. The van der Waals surface area contributed by atoms with Crippen LogP contribution in [0.3, 0.4) is 0 Å². The number of amides is 2. The molecule has 3 rings (SSSR count). The number of nitrogens with zero attached hydrogens (tertiary/aromatic N) is 1. The highest BCUT2D eigenvalue weighted by Gasteiger charge is 2.13. The summed E-state index contributed by atoms with van der Waals surface area (Å²) in [6, 6.07) is 20.2. The Balaban J connectivity index is 1.56. The van der Waals surface area contributed by atoms with Crippen LogP contribution in [0.2, 0.25) is 0 Å². The lowest BCUT2D eigenvalue weighted by atomic mass is 10.2. The van der Waals surface area contributed by atoms with Gasteiger partial charge >= 0.3 is 0 Å². The van der Waals surface area contributed by atoms with E-state index in [1.165, 1.54) is 13.3 Å². The third-order valence-corrected chi connectivity index (χ3v) is 5.17. The number of para-hydroxylation sites is 2. The van der Waals surface area contributed by atoms with Crippen LogP contribution in [0.15, 0.2) is 76.3 Å². The number of carbonyl (C=O) groups is 2. The average molecular weight is 526 g/mol. The number of anilines is 1. The molecule has 8 nitrogen and oxygen atoms in total. The van der Waals surface area contributed by atoms with Gasteiger partial charge in [0.15, 0.2) is 11.5 Å². The summed E-state index contributed by atoms with van der Waals surface area (Å²) in [6.45, 7) is 0.385. The van der Waals surface area contributed by atoms with E-state index in [9.17, 15) is 9.59 Å². The van der Waals surface area contributed by atoms with Gasteiger partial charge in [-0.05, 0) is 51.3 Å². The lowest BCUT2D eigenvalue weighted by molar-refractivity contribution is -0.126. The summed E-state index contributed by atoms with van der Waals surface area (Å²) < 4.78 is 17.2. The summed E-state index contributed by atoms with van der Waals surface area (Å²) >= 11 is 3.49. The normalized spacial score (nSPS) is 10.6. The summed E-state index contributed by atoms with van der Waals surface area (Å²) in [6.07, 6.45) is 1.05. The molecule has 2 amide bonds. The molecular formula is C25H24BrN3O5. The van der Waals surface area contributed by atoms with Crippen molar-refractivity contribution >= 4 is 39.6 Å². The molecule has 0 aliphatic heterocycles. The molecule has 0 spiro atoms. The standard InChI is InChI=1S/C25H24BrN3O5/c1-32-21-11-7-6-10-20(21)28-23(30)14-24(31)29-27-15-18-12-19(26)25(22(13-18)33-2)34-16-17-8-4-3-5-9-17/h3-13,15H,14,16H2,1-2H3,(H,28,30)(H,29,31). The molecule has 0 atom stereocenters. The molecule has 0 radical (unpaired) electrons. The van der Waals surface area contributed by atoms with Crippen LogP contribution in [0.25, 0.3) is 0 Å². The monoisotopic (exact) mass is 525 g/mol. The molecule has 0 fully saturated rings. The predicted octanol–water partition coefficient (Wildman–Crippen LogP) is 4.52. The molecule has 9 heteroatoms. The molecule has 0 saturated heterocycles. The van der Waals surface area contributed by atoms with Gasteiger partial charge in [0.25, 0.3) is 0 Å². The van der Waals surface area contributed by atoms with E-state index in [1.807, 2.05) is 30.3 Å². The van der Waals surface area contributed by atoms with E-state index in [4.69, 9.17) is 14.2 Å². The average Bonchev–Trinajstić information content (AvgIpc) is 2.84. The van der Waals surface area contributed by atoms with Gasteiger partial charge in [-0.3, -0.25) is 9.59 Å². The Morgan fingerprint density at radius 2 is 1.65 bits per heavy atom. The molecule has 0 aromatic heterocycles. The molecule has 0 aliphatic rings. The van der Waals surface area contributed by atoms with E-state index in [0.29, 0.717) is 39.6 Å². The van der Waals surface area contributed by atoms with Crippen LogP contribution in [-0.2, 0) is 16.2 Å². The number of nitrogens with one attached hydrogen (secondary N) is 2. The molecule has 0 heterocycles. The Hall–Kier alpha value is -3.85. The molecule has 2 N–H and O–H groups in total. The fourth-order valence-corrected chi connectivity index (χ4v) is 3.56. The number of benzene rings is 3. The SMILES string of the molecule is COc1ccccc1NC(=O)CC(=O)NN=Cc1cc(Br)c(OCc2ccccc2)c(OC)c1. The summed E-state index contributed by atoms with van der Waals surface area (Å²) in [4.78, 5) is 24.2. The fourth-order valence-electron chi connectivity index (χ4n) is 2.99. The Bertz CT molecular complexity index is 1170. The molecule has 0 saturated carbocycles. The topological polar surface area (TPSA) is 98.2 Å². The second-order valence-electron chi connectivity index (χ2n) is 7.03. The van der Waals surface area contributed by atoms with Gasteiger partial charge in [0, 0.05) is 0 Å². The minimum absolute atomic E-state index is 0.385. The molecule has 3 aromatic rings. The molecule has 0 unspecified atom stereocenters. The van der Waals surface area contributed by atoms with E-state index in [0.717, 1.165) is 5.56 Å². The minimum Gasteiger partial charge on any atom is -0.495 e. The van der Waals surface area contributed by atoms with Crippen molar-refractivity contribution in [2.45, 2.75) is 13.0 Å². The minimum atomic E-state index is -0.558. The summed E-state index contributed by atoms with van der Waals surface area (Å²) in [7, 11) is 3.04. The highest BCUT2D eigenvalue weighted by atomic mass is 79.9. The van der Waals surface area contributed by atoms with Gasteiger partial charge in [-0.1, -0.05) is 42.5 Å². The number of rotatable bonds is 10. The summed E-state index contributed by atoms with van der Waals surface area (Å²) in [5, 5.41) is 6.57. The second-order valence-corrected chi connectivity index (χ2v) is 7.88. The van der Waals surface area contributed by atoms with Gasteiger partial charge in [-0.25, -0.2) is 5.43 Å². The van der Waals surface area contributed by atoms with Crippen LogP contribution in [0, 0.1) is 0 Å². The van der Waals surface area contributed by atoms with Crippen molar-refractivity contribution in [2.75, 3.05) is 19.5 Å². The third-order valence-electron chi connectivity index (χ3n) is 4.58. The number of carbonyl (C=O) groups excluding carboxylic acids is 2. The van der Waals surface area contributed by atoms with Gasteiger partial charge in [-0.2, -0.15) is 5.10 Å². The van der Waals surface area contributed by atoms with Crippen molar-refractivity contribution in [3.8, 4) is 17.2 Å². The number of ether oxygens (including phenoxy) is 3. The van der Waals surface area contributed by atoms with Crippen LogP contribution in [0.4, 0.5) is 5.69 Å². The zero-order chi connectivity index (χ0) is 24.3. The van der Waals surface area contributed by atoms with Crippen molar-refractivity contribution < 1.29 is 23.8 Å². The maximum Gasteiger partial charge on any atom is 0.249 e. The smallest absolute Gasteiger partial charge is 0.249 e. The van der Waals surface area contributed by atoms with Crippen LogP contribution in [-0.4, -0.2) is 32.2 Å². The van der Waals surface area contributed by atoms with Crippen molar-refractivity contribution in [3.63, 3.8) is 0 Å². The van der Waals surface area contributed by atoms with Gasteiger partial charge in [0.2, 0.25) is 11.8 Å². The largest absolute Gasteiger partial charge is 0.495 e. The van der Waals surface area contributed by atoms with Crippen LogP contribution in [0.1, 0.15) is 17.5 Å². The number of hydrogen-bond donors (Lipinski definition) is 2. The van der Waals surface area contributed by atoms with Crippen LogP contribution >= 0.6 is 15.9 Å². The number of halogens is 1. The first-order chi connectivity index (χ1) is 16.5. The lowest BCUT2D eigenvalue weighted by Gasteiger charge is -2.13. The molecule has 0 aliphatic carbocycles. The zero-order valence-electron chi connectivity index (χ0n) is 18.7. The van der Waals surface area contributed by atoms with Crippen molar-refractivity contribution in [1.82, 2.24) is 5.43 Å². The van der Waals surface area contributed by atoms with Gasteiger partial charge in [0.1, 0.15) is 18.8 Å². The molecule has 3 aromatic carbocycles. The highest BCUT2D eigenvalue weighted by molar-refractivity contribution is 9.10. The van der Waals surface area contributed by atoms with E-state index >= 15 is 0 Å². The summed E-state index contributed by atoms with van der Waals surface area (Å²) in [5.41, 5.74) is 4.52. The van der Waals surface area contributed by atoms with Gasteiger partial charge < -0.3 is 19.5 Å². The van der Waals surface area contributed by atoms with Crippen LogP contribution < -0.4 is 25.0 Å². The van der Waals surface area contributed by atoms with E-state index in [1.54, 1.807) is 43.5 Å². The number of hydrogen-bond acceptors (Lipinski definition) is 6. The van der Waals surface area contributed by atoms with E-state index < -0.39 is 18.2 Å². The molecule has 176 valence electrons. The fraction of sp³-hybridized carbons (Fsp3) is 0.160. The highest BCUT2D eigenvalue weighted by Crippen LogP contribution is 2.36. The lowest BCUT2D eigenvalue weighted by Crippen LogP contribution is -2.24.